The van der Waals surface area contributed by atoms with Gasteiger partial charge in [-0.15, -0.1) is 10.2 Å². The highest BCUT2D eigenvalue weighted by Crippen LogP contribution is 2.23. The second-order valence-corrected chi connectivity index (χ2v) is 5.27. The van der Waals surface area contributed by atoms with Gasteiger partial charge in [0.25, 0.3) is 5.56 Å². The summed E-state index contributed by atoms with van der Waals surface area (Å²) in [5.74, 6) is 0.368. The molecule has 0 spiro atoms. The van der Waals surface area contributed by atoms with Crippen LogP contribution in [0.5, 0.6) is 0 Å². The second kappa shape index (κ2) is 5.26. The molecule has 2 heterocycles. The van der Waals surface area contributed by atoms with Crippen LogP contribution in [0.3, 0.4) is 0 Å². The van der Waals surface area contributed by atoms with E-state index in [1.165, 1.54) is 22.1 Å². The maximum absolute atomic E-state index is 11.7. The first-order chi connectivity index (χ1) is 8.60. The number of aromatic nitrogens is 4. The Morgan fingerprint density at radius 2 is 2.17 bits per heavy atom. The fraction of sp³-hybridized carbons (Fsp3) is 0.455. The van der Waals surface area contributed by atoms with Crippen molar-refractivity contribution in [2.45, 2.75) is 20.4 Å². The number of nitrogens with one attached hydrogen (secondary N) is 1. The van der Waals surface area contributed by atoms with E-state index < -0.39 is 0 Å². The lowest BCUT2D eigenvalue weighted by Gasteiger charge is -2.07. The van der Waals surface area contributed by atoms with Crippen molar-refractivity contribution in [2.24, 2.45) is 5.92 Å². The normalized spacial score (nSPS) is 10.9. The van der Waals surface area contributed by atoms with Gasteiger partial charge in [0.15, 0.2) is 5.01 Å². The number of hydrogen-bond acceptors (Lipinski definition) is 6. The van der Waals surface area contributed by atoms with E-state index in [-0.39, 0.29) is 5.56 Å². The summed E-state index contributed by atoms with van der Waals surface area (Å²) in [6.45, 7) is 4.69. The van der Waals surface area contributed by atoms with Gasteiger partial charge in [-0.3, -0.25) is 4.79 Å². The van der Waals surface area contributed by atoms with Crippen molar-refractivity contribution in [3.63, 3.8) is 0 Å². The molecule has 0 aliphatic rings. The van der Waals surface area contributed by atoms with Crippen molar-refractivity contribution in [1.82, 2.24) is 20.0 Å². The van der Waals surface area contributed by atoms with Crippen LogP contribution in [0.4, 0.5) is 5.13 Å². The third-order valence-electron chi connectivity index (χ3n) is 2.26. The van der Waals surface area contributed by atoms with Gasteiger partial charge in [-0.2, -0.15) is 5.10 Å². The predicted octanol–water partition coefficient (Wildman–Crippen LogP) is 1.46. The number of anilines is 1. The molecule has 2 aromatic heterocycles. The third kappa shape index (κ3) is 2.73. The SMILES string of the molecule is CNc1nnc(-c2ccc(=O)n(CC(C)C)n2)s1. The molecule has 2 rings (SSSR count). The quantitative estimate of drug-likeness (QED) is 0.906. The molecule has 0 unspecified atom stereocenters. The molecule has 18 heavy (non-hydrogen) atoms. The van der Waals surface area contributed by atoms with Gasteiger partial charge >= 0.3 is 0 Å². The lowest BCUT2D eigenvalue weighted by atomic mass is 10.2. The van der Waals surface area contributed by atoms with Crippen molar-refractivity contribution in [3.8, 4) is 10.7 Å². The summed E-state index contributed by atoms with van der Waals surface area (Å²) in [6, 6.07) is 3.20. The zero-order chi connectivity index (χ0) is 13.1. The molecule has 0 radical (unpaired) electrons. The zero-order valence-corrected chi connectivity index (χ0v) is 11.4. The lowest BCUT2D eigenvalue weighted by Crippen LogP contribution is -2.24. The van der Waals surface area contributed by atoms with Gasteiger partial charge in [0.2, 0.25) is 5.13 Å². The Morgan fingerprint density at radius 1 is 1.39 bits per heavy atom. The Morgan fingerprint density at radius 3 is 2.78 bits per heavy atom. The zero-order valence-electron chi connectivity index (χ0n) is 10.5. The maximum atomic E-state index is 11.7. The van der Waals surface area contributed by atoms with Crippen LogP contribution in [0.2, 0.25) is 0 Å². The second-order valence-electron chi connectivity index (χ2n) is 4.30. The van der Waals surface area contributed by atoms with Crippen LogP contribution < -0.4 is 10.9 Å². The molecule has 2 aromatic rings. The first kappa shape index (κ1) is 12.7. The van der Waals surface area contributed by atoms with Crippen LogP contribution in [-0.4, -0.2) is 27.0 Å². The highest BCUT2D eigenvalue weighted by Gasteiger charge is 2.09. The molecule has 6 nitrogen and oxygen atoms in total. The molecule has 0 aliphatic carbocycles. The Kier molecular flexibility index (Phi) is 3.71. The minimum Gasteiger partial charge on any atom is -0.363 e. The number of hydrogen-bond donors (Lipinski definition) is 1. The van der Waals surface area contributed by atoms with Gasteiger partial charge in [0.1, 0.15) is 5.69 Å². The molecule has 0 saturated carbocycles. The van der Waals surface area contributed by atoms with Crippen molar-refractivity contribution >= 4 is 16.5 Å². The molecule has 0 amide bonds. The van der Waals surface area contributed by atoms with E-state index in [4.69, 9.17) is 0 Å². The molecule has 0 atom stereocenters. The van der Waals surface area contributed by atoms with Crippen molar-refractivity contribution in [3.05, 3.63) is 22.5 Å². The highest BCUT2D eigenvalue weighted by molar-refractivity contribution is 7.18. The fourth-order valence-electron chi connectivity index (χ4n) is 1.47. The molecule has 0 saturated heterocycles. The summed E-state index contributed by atoms with van der Waals surface area (Å²) in [5.41, 5.74) is 0.583. The molecule has 0 fully saturated rings. The molecule has 0 bridgehead atoms. The number of nitrogens with zero attached hydrogens (tertiary/aromatic N) is 4. The van der Waals surface area contributed by atoms with E-state index in [1.54, 1.807) is 13.1 Å². The summed E-state index contributed by atoms with van der Waals surface area (Å²) in [7, 11) is 1.79. The minimum atomic E-state index is -0.0918. The number of rotatable bonds is 4. The monoisotopic (exact) mass is 265 g/mol. The minimum absolute atomic E-state index is 0.0918. The molecular formula is C11H15N5OS. The van der Waals surface area contributed by atoms with Gasteiger partial charge in [-0.25, -0.2) is 4.68 Å². The molecule has 96 valence electrons. The summed E-state index contributed by atoms with van der Waals surface area (Å²) < 4.78 is 1.47. The Bertz CT molecular complexity index is 589. The third-order valence-corrected chi connectivity index (χ3v) is 3.23. The average Bonchev–Trinajstić information content (AvgIpc) is 2.80. The molecule has 0 aromatic carbocycles. The molecule has 1 N–H and O–H groups in total. The van der Waals surface area contributed by atoms with Gasteiger partial charge in [0.05, 0.1) is 0 Å². The van der Waals surface area contributed by atoms with Crippen LogP contribution in [-0.2, 0) is 6.54 Å². The van der Waals surface area contributed by atoms with Crippen LogP contribution in [0.25, 0.3) is 10.7 Å². The van der Waals surface area contributed by atoms with Crippen LogP contribution in [0.15, 0.2) is 16.9 Å². The predicted molar refractivity (Wildman–Crippen MR) is 71.8 cm³/mol. The Balaban J connectivity index is 2.37. The largest absolute Gasteiger partial charge is 0.363 e. The summed E-state index contributed by atoms with van der Waals surface area (Å²) in [6.07, 6.45) is 0. The smallest absolute Gasteiger partial charge is 0.266 e. The summed E-state index contributed by atoms with van der Waals surface area (Å²) in [5, 5.41) is 16.7. The van der Waals surface area contributed by atoms with Crippen molar-refractivity contribution < 1.29 is 0 Å². The average molecular weight is 265 g/mol. The summed E-state index contributed by atoms with van der Waals surface area (Å²) in [4.78, 5) is 11.7. The van der Waals surface area contributed by atoms with E-state index in [0.717, 1.165) is 5.13 Å². The highest BCUT2D eigenvalue weighted by atomic mass is 32.1. The molecule has 0 aliphatic heterocycles. The standard InChI is InChI=1S/C11H15N5OS/c1-7(2)6-16-9(17)5-4-8(15-16)10-13-14-11(12-3)18-10/h4-5,7H,6H2,1-3H3,(H,12,14). The Hall–Kier alpha value is -1.76. The van der Waals surface area contributed by atoms with Crippen molar-refractivity contribution in [2.75, 3.05) is 12.4 Å². The lowest BCUT2D eigenvalue weighted by molar-refractivity contribution is 0.465. The van der Waals surface area contributed by atoms with Crippen LogP contribution in [0, 0.1) is 5.92 Å². The topological polar surface area (TPSA) is 72.7 Å². The van der Waals surface area contributed by atoms with Gasteiger partial charge in [0, 0.05) is 19.7 Å². The molecular weight excluding hydrogens is 250 g/mol. The van der Waals surface area contributed by atoms with Gasteiger partial charge in [-0.05, 0) is 12.0 Å². The van der Waals surface area contributed by atoms with Crippen molar-refractivity contribution in [1.29, 1.82) is 0 Å². The summed E-state index contributed by atoms with van der Waals surface area (Å²) >= 11 is 1.41. The molecule has 7 heteroatoms. The van der Waals surface area contributed by atoms with E-state index in [9.17, 15) is 4.79 Å². The fourth-order valence-corrected chi connectivity index (χ4v) is 2.13. The van der Waals surface area contributed by atoms with E-state index >= 15 is 0 Å². The maximum Gasteiger partial charge on any atom is 0.266 e. The van der Waals surface area contributed by atoms with E-state index in [0.29, 0.717) is 23.2 Å². The van der Waals surface area contributed by atoms with Gasteiger partial charge in [-0.1, -0.05) is 25.2 Å². The van der Waals surface area contributed by atoms with E-state index in [1.807, 2.05) is 13.8 Å². The van der Waals surface area contributed by atoms with Crippen LogP contribution in [0.1, 0.15) is 13.8 Å². The first-order valence-corrected chi connectivity index (χ1v) is 6.51. The van der Waals surface area contributed by atoms with Crippen LogP contribution >= 0.6 is 11.3 Å². The van der Waals surface area contributed by atoms with E-state index in [2.05, 4.69) is 20.6 Å². The first-order valence-electron chi connectivity index (χ1n) is 5.70. The Labute approximate surface area is 109 Å². The van der Waals surface area contributed by atoms with Gasteiger partial charge < -0.3 is 5.32 Å².